The molecule has 1 aromatic carbocycles. The van der Waals surface area contributed by atoms with Crippen LogP contribution >= 0.6 is 0 Å². The number of anilines is 1. The van der Waals surface area contributed by atoms with E-state index in [4.69, 9.17) is 5.11 Å². The van der Waals surface area contributed by atoms with Crippen molar-refractivity contribution in [2.24, 2.45) is 0 Å². The number of carbonyl (C=O) groups is 1. The van der Waals surface area contributed by atoms with Gasteiger partial charge in [0, 0.05) is 25.2 Å². The molecule has 0 unspecified atom stereocenters. The van der Waals surface area contributed by atoms with Gasteiger partial charge in [-0.05, 0) is 51.3 Å². The van der Waals surface area contributed by atoms with E-state index in [-0.39, 0.29) is 6.42 Å². The molecular weight excluding hydrogens is 264 g/mol. The predicted molar refractivity (Wildman–Crippen MR) is 85.9 cm³/mol. The molecule has 0 atom stereocenters. The highest BCUT2D eigenvalue weighted by molar-refractivity contribution is 5.66. The summed E-state index contributed by atoms with van der Waals surface area (Å²) in [5.74, 6) is -0.691. The van der Waals surface area contributed by atoms with Gasteiger partial charge in [0.25, 0.3) is 0 Å². The van der Waals surface area contributed by atoms with Crippen molar-refractivity contribution in [3.05, 3.63) is 28.8 Å². The van der Waals surface area contributed by atoms with Crippen molar-refractivity contribution in [2.75, 3.05) is 31.2 Å². The lowest BCUT2D eigenvalue weighted by molar-refractivity contribution is -0.137. The van der Waals surface area contributed by atoms with Crippen LogP contribution in [0.15, 0.2) is 12.1 Å². The van der Waals surface area contributed by atoms with Crippen molar-refractivity contribution in [1.82, 2.24) is 4.90 Å². The van der Waals surface area contributed by atoms with Gasteiger partial charge in [0.15, 0.2) is 0 Å². The summed E-state index contributed by atoms with van der Waals surface area (Å²) in [5.41, 5.74) is 5.38. The summed E-state index contributed by atoms with van der Waals surface area (Å²) in [4.78, 5) is 15.4. The van der Waals surface area contributed by atoms with Gasteiger partial charge in [-0.1, -0.05) is 17.7 Å². The average molecular weight is 290 g/mol. The summed E-state index contributed by atoms with van der Waals surface area (Å²) in [6.45, 7) is 10.6. The highest BCUT2D eigenvalue weighted by atomic mass is 16.4. The minimum absolute atomic E-state index is 0.285. The molecule has 1 aromatic rings. The minimum Gasteiger partial charge on any atom is -0.481 e. The maximum Gasteiger partial charge on any atom is 0.303 e. The van der Waals surface area contributed by atoms with E-state index in [0.717, 1.165) is 39.1 Å². The Bertz CT molecular complexity index is 491. The predicted octanol–water partition coefficient (Wildman–Crippen LogP) is 2.95. The van der Waals surface area contributed by atoms with Gasteiger partial charge in [-0.15, -0.1) is 0 Å². The number of rotatable bonds is 6. The summed E-state index contributed by atoms with van der Waals surface area (Å²) in [7, 11) is 0. The van der Waals surface area contributed by atoms with Crippen LogP contribution in [0.2, 0.25) is 0 Å². The first kappa shape index (κ1) is 15.8. The number of benzene rings is 1. The number of hydrogen-bond donors (Lipinski definition) is 1. The summed E-state index contributed by atoms with van der Waals surface area (Å²) in [6, 6.07) is 4.50. The van der Waals surface area contributed by atoms with Crippen molar-refractivity contribution in [3.63, 3.8) is 0 Å². The molecule has 0 bridgehead atoms. The third kappa shape index (κ3) is 4.21. The lowest BCUT2D eigenvalue weighted by Crippen LogP contribution is -2.27. The number of carboxylic acids is 1. The Morgan fingerprint density at radius 1 is 1.14 bits per heavy atom. The van der Waals surface area contributed by atoms with E-state index in [9.17, 15) is 4.79 Å². The van der Waals surface area contributed by atoms with Crippen molar-refractivity contribution < 1.29 is 9.90 Å². The second-order valence-electron chi connectivity index (χ2n) is 6.12. The Morgan fingerprint density at radius 2 is 1.81 bits per heavy atom. The zero-order valence-electron chi connectivity index (χ0n) is 13.4. The van der Waals surface area contributed by atoms with Gasteiger partial charge in [0.1, 0.15) is 0 Å². The van der Waals surface area contributed by atoms with E-state index in [1.807, 2.05) is 0 Å². The number of aliphatic carboxylic acids is 1. The summed E-state index contributed by atoms with van der Waals surface area (Å²) < 4.78 is 0. The standard InChI is InChI=1S/C17H26N2O2/c1-13-10-14(2)17(15(3)11-13)19-9-8-18(12-19)7-5-4-6-16(20)21/h10-11H,4-9,12H2,1-3H3,(H,20,21). The van der Waals surface area contributed by atoms with E-state index in [1.54, 1.807) is 0 Å². The summed E-state index contributed by atoms with van der Waals surface area (Å²) >= 11 is 0. The molecule has 0 saturated carbocycles. The van der Waals surface area contributed by atoms with Gasteiger partial charge >= 0.3 is 5.97 Å². The minimum atomic E-state index is -0.691. The summed E-state index contributed by atoms with van der Waals surface area (Å²) in [6.07, 6.45) is 2.02. The van der Waals surface area contributed by atoms with Gasteiger partial charge in [0.05, 0.1) is 6.67 Å². The van der Waals surface area contributed by atoms with Crippen molar-refractivity contribution >= 4 is 11.7 Å². The second kappa shape index (κ2) is 6.94. The highest BCUT2D eigenvalue weighted by Gasteiger charge is 2.22. The molecule has 1 saturated heterocycles. The molecule has 2 rings (SSSR count). The van der Waals surface area contributed by atoms with E-state index in [2.05, 4.69) is 42.7 Å². The summed E-state index contributed by atoms with van der Waals surface area (Å²) in [5, 5.41) is 8.66. The SMILES string of the molecule is Cc1cc(C)c(N2CCN(CCCCC(=O)O)C2)c(C)c1. The molecule has 1 heterocycles. The fraction of sp³-hybridized carbons (Fsp3) is 0.588. The topological polar surface area (TPSA) is 43.8 Å². The smallest absolute Gasteiger partial charge is 0.303 e. The van der Waals surface area contributed by atoms with Crippen LogP contribution in [0.1, 0.15) is 36.0 Å². The quantitative estimate of drug-likeness (QED) is 0.818. The molecule has 21 heavy (non-hydrogen) atoms. The van der Waals surface area contributed by atoms with Crippen molar-refractivity contribution in [3.8, 4) is 0 Å². The lowest BCUT2D eigenvalue weighted by atomic mass is 10.0. The fourth-order valence-corrected chi connectivity index (χ4v) is 3.29. The fourth-order valence-electron chi connectivity index (χ4n) is 3.29. The Morgan fingerprint density at radius 3 is 2.43 bits per heavy atom. The molecule has 0 aromatic heterocycles. The normalized spacial score (nSPS) is 15.7. The van der Waals surface area contributed by atoms with Crippen LogP contribution in [0.3, 0.4) is 0 Å². The first-order chi connectivity index (χ1) is 9.97. The van der Waals surface area contributed by atoms with Crippen LogP contribution < -0.4 is 4.90 Å². The third-order valence-corrected chi connectivity index (χ3v) is 4.12. The molecule has 1 aliphatic rings. The lowest BCUT2D eigenvalue weighted by Gasteiger charge is -2.24. The molecule has 0 spiro atoms. The van der Waals surface area contributed by atoms with Crippen LogP contribution in [-0.4, -0.2) is 42.3 Å². The molecule has 1 aliphatic heterocycles. The Kier molecular flexibility index (Phi) is 5.23. The van der Waals surface area contributed by atoms with E-state index < -0.39 is 5.97 Å². The monoisotopic (exact) mass is 290 g/mol. The average Bonchev–Trinajstić information content (AvgIpc) is 2.81. The van der Waals surface area contributed by atoms with Crippen molar-refractivity contribution in [1.29, 1.82) is 0 Å². The molecular formula is C17H26N2O2. The molecule has 0 radical (unpaired) electrons. The largest absolute Gasteiger partial charge is 0.481 e. The van der Waals surface area contributed by atoms with Gasteiger partial charge in [-0.25, -0.2) is 0 Å². The maximum atomic E-state index is 10.5. The van der Waals surface area contributed by atoms with Gasteiger partial charge in [-0.2, -0.15) is 0 Å². The second-order valence-corrected chi connectivity index (χ2v) is 6.12. The van der Waals surface area contributed by atoms with Gasteiger partial charge < -0.3 is 10.0 Å². The third-order valence-electron chi connectivity index (χ3n) is 4.12. The highest BCUT2D eigenvalue weighted by Crippen LogP contribution is 2.28. The zero-order valence-corrected chi connectivity index (χ0v) is 13.4. The molecule has 1 fully saturated rings. The van der Waals surface area contributed by atoms with Crippen LogP contribution in [-0.2, 0) is 4.79 Å². The first-order valence-electron chi connectivity index (χ1n) is 7.74. The van der Waals surface area contributed by atoms with Crippen LogP contribution in [0, 0.1) is 20.8 Å². The van der Waals surface area contributed by atoms with E-state index >= 15 is 0 Å². The number of hydrogen-bond acceptors (Lipinski definition) is 3. The van der Waals surface area contributed by atoms with Crippen LogP contribution in [0.5, 0.6) is 0 Å². The first-order valence-corrected chi connectivity index (χ1v) is 7.74. The van der Waals surface area contributed by atoms with E-state index in [1.165, 1.54) is 22.4 Å². The Hall–Kier alpha value is -1.55. The zero-order chi connectivity index (χ0) is 15.4. The Balaban J connectivity index is 1.89. The molecule has 0 aliphatic carbocycles. The molecule has 4 nitrogen and oxygen atoms in total. The molecule has 1 N–H and O–H groups in total. The van der Waals surface area contributed by atoms with Crippen LogP contribution in [0.25, 0.3) is 0 Å². The number of carboxylic acid groups (broad SMARTS) is 1. The Labute approximate surface area is 127 Å². The number of nitrogens with zero attached hydrogens (tertiary/aromatic N) is 2. The van der Waals surface area contributed by atoms with E-state index in [0.29, 0.717) is 0 Å². The van der Waals surface area contributed by atoms with Gasteiger partial charge in [-0.3, -0.25) is 9.69 Å². The van der Waals surface area contributed by atoms with Gasteiger partial charge in [0.2, 0.25) is 0 Å². The van der Waals surface area contributed by atoms with Crippen LogP contribution in [0.4, 0.5) is 5.69 Å². The number of aryl methyl sites for hydroxylation is 3. The molecule has 4 heteroatoms. The maximum absolute atomic E-state index is 10.5. The molecule has 116 valence electrons. The molecule has 0 amide bonds. The number of unbranched alkanes of at least 4 members (excludes halogenated alkanes) is 1. The van der Waals surface area contributed by atoms with Crippen molar-refractivity contribution in [2.45, 2.75) is 40.0 Å².